The van der Waals surface area contributed by atoms with Crippen molar-refractivity contribution in [3.05, 3.63) is 69.1 Å². The summed E-state index contributed by atoms with van der Waals surface area (Å²) in [6.07, 6.45) is 0.604. The molecule has 0 spiro atoms. The summed E-state index contributed by atoms with van der Waals surface area (Å²) in [7, 11) is 0. The lowest BCUT2D eigenvalue weighted by atomic mass is 10.1. The number of hydrogen-bond donors (Lipinski definition) is 1. The van der Waals surface area contributed by atoms with Crippen LogP contribution in [0.5, 0.6) is 0 Å². The maximum atomic E-state index is 12.8. The van der Waals surface area contributed by atoms with Crippen LogP contribution in [-0.4, -0.2) is 32.4 Å². The number of carbonyl (C=O) groups is 1. The number of aromatic nitrogens is 4. The van der Waals surface area contributed by atoms with E-state index in [1.165, 1.54) is 11.3 Å². The average molecular weight is 442 g/mol. The second-order valence-corrected chi connectivity index (χ2v) is 8.15. The Labute approximate surface area is 182 Å². The van der Waals surface area contributed by atoms with Crippen LogP contribution in [0.25, 0.3) is 16.4 Å². The van der Waals surface area contributed by atoms with Gasteiger partial charge in [-0.05, 0) is 32.9 Å². The number of benzene rings is 1. The predicted molar refractivity (Wildman–Crippen MR) is 116 cm³/mol. The number of amides is 1. The van der Waals surface area contributed by atoms with Gasteiger partial charge in [-0.2, -0.15) is 5.10 Å². The highest BCUT2D eigenvalue weighted by Gasteiger charge is 2.22. The molecule has 1 amide bonds. The summed E-state index contributed by atoms with van der Waals surface area (Å²) in [5.74, 6) is 0.195. The van der Waals surface area contributed by atoms with Crippen LogP contribution >= 0.6 is 22.9 Å². The fourth-order valence-electron chi connectivity index (χ4n) is 3.20. The molecule has 0 aliphatic rings. The molecule has 0 aliphatic heterocycles. The molecule has 3 aromatic heterocycles. The van der Waals surface area contributed by atoms with E-state index in [0.29, 0.717) is 40.6 Å². The SMILES string of the molecule is Cc1cc(C)n(-c2nc(CCNC(=O)c3c(-c4ccccc4Cl)noc3C)cs2)n1. The lowest BCUT2D eigenvalue weighted by Crippen LogP contribution is -2.26. The molecule has 4 aromatic rings. The summed E-state index contributed by atoms with van der Waals surface area (Å²) in [5.41, 5.74) is 4.39. The summed E-state index contributed by atoms with van der Waals surface area (Å²) in [4.78, 5) is 17.4. The van der Waals surface area contributed by atoms with Crippen LogP contribution in [0.2, 0.25) is 5.02 Å². The van der Waals surface area contributed by atoms with Crippen molar-refractivity contribution < 1.29 is 9.32 Å². The lowest BCUT2D eigenvalue weighted by molar-refractivity contribution is 0.0953. The van der Waals surface area contributed by atoms with Crippen molar-refractivity contribution in [3.63, 3.8) is 0 Å². The Morgan fingerprint density at radius 2 is 2.07 bits per heavy atom. The molecule has 3 heterocycles. The zero-order chi connectivity index (χ0) is 21.3. The van der Waals surface area contributed by atoms with E-state index in [9.17, 15) is 4.79 Å². The largest absolute Gasteiger partial charge is 0.360 e. The molecule has 0 saturated carbocycles. The summed E-state index contributed by atoms with van der Waals surface area (Å²) < 4.78 is 7.10. The van der Waals surface area contributed by atoms with Crippen molar-refractivity contribution in [1.82, 2.24) is 25.2 Å². The molecule has 0 saturated heterocycles. The molecule has 9 heteroatoms. The van der Waals surface area contributed by atoms with Gasteiger partial charge in [-0.25, -0.2) is 9.67 Å². The third-order valence-electron chi connectivity index (χ3n) is 4.62. The first-order valence-electron chi connectivity index (χ1n) is 9.41. The molecular weight excluding hydrogens is 422 g/mol. The molecule has 0 bridgehead atoms. The minimum absolute atomic E-state index is 0.252. The highest BCUT2D eigenvalue weighted by atomic mass is 35.5. The Balaban J connectivity index is 1.44. The van der Waals surface area contributed by atoms with Gasteiger partial charge in [-0.3, -0.25) is 4.79 Å². The van der Waals surface area contributed by atoms with E-state index in [2.05, 4.69) is 20.6 Å². The Kier molecular flexibility index (Phi) is 5.69. The first-order chi connectivity index (χ1) is 14.4. The average Bonchev–Trinajstić information content (AvgIpc) is 3.41. The quantitative estimate of drug-likeness (QED) is 0.475. The molecule has 0 fully saturated rings. The second kappa shape index (κ2) is 8.41. The van der Waals surface area contributed by atoms with Crippen LogP contribution in [0.4, 0.5) is 0 Å². The van der Waals surface area contributed by atoms with E-state index < -0.39 is 0 Å². The minimum atomic E-state index is -0.252. The van der Waals surface area contributed by atoms with E-state index >= 15 is 0 Å². The van der Waals surface area contributed by atoms with Gasteiger partial charge in [0, 0.05) is 29.6 Å². The number of rotatable bonds is 6. The van der Waals surface area contributed by atoms with Crippen LogP contribution in [0.3, 0.4) is 0 Å². The molecule has 4 rings (SSSR count). The summed E-state index contributed by atoms with van der Waals surface area (Å²) in [6, 6.07) is 9.25. The highest BCUT2D eigenvalue weighted by molar-refractivity contribution is 7.12. The predicted octanol–water partition coefficient (Wildman–Crippen LogP) is 4.53. The summed E-state index contributed by atoms with van der Waals surface area (Å²) in [6.45, 7) is 6.10. The monoisotopic (exact) mass is 441 g/mol. The molecule has 154 valence electrons. The number of thiazole rings is 1. The molecule has 0 radical (unpaired) electrons. The topological polar surface area (TPSA) is 85.8 Å². The third-order valence-corrected chi connectivity index (χ3v) is 5.81. The van der Waals surface area contributed by atoms with Gasteiger partial charge in [0.25, 0.3) is 5.91 Å². The molecule has 1 aromatic carbocycles. The molecule has 1 N–H and O–H groups in total. The van der Waals surface area contributed by atoms with Gasteiger partial charge in [0.15, 0.2) is 0 Å². The van der Waals surface area contributed by atoms with Crippen molar-refractivity contribution in [2.45, 2.75) is 27.2 Å². The summed E-state index contributed by atoms with van der Waals surface area (Å²) in [5, 5.41) is 14.7. The van der Waals surface area contributed by atoms with Crippen LogP contribution < -0.4 is 5.32 Å². The Morgan fingerprint density at radius 3 is 2.80 bits per heavy atom. The number of aryl methyl sites for hydroxylation is 3. The van der Waals surface area contributed by atoms with Crippen molar-refractivity contribution >= 4 is 28.8 Å². The molecule has 0 unspecified atom stereocenters. The standard InChI is InChI=1S/C21H20ClN5O2S/c1-12-10-13(2)27(25-12)21-24-15(11-30-21)8-9-23-20(28)18-14(3)29-26-19(18)16-6-4-5-7-17(16)22/h4-7,10-11H,8-9H2,1-3H3,(H,23,28). The zero-order valence-electron chi connectivity index (χ0n) is 16.8. The molecular formula is C21H20ClN5O2S. The van der Waals surface area contributed by atoms with Crippen LogP contribution in [0, 0.1) is 20.8 Å². The maximum Gasteiger partial charge on any atom is 0.257 e. The number of hydrogen-bond acceptors (Lipinski definition) is 6. The maximum absolute atomic E-state index is 12.8. The fraction of sp³-hybridized carbons (Fsp3) is 0.238. The smallest absolute Gasteiger partial charge is 0.257 e. The van der Waals surface area contributed by atoms with Crippen molar-refractivity contribution in [2.75, 3.05) is 6.54 Å². The zero-order valence-corrected chi connectivity index (χ0v) is 18.3. The molecule has 0 atom stereocenters. The van der Waals surface area contributed by atoms with Gasteiger partial charge in [-0.1, -0.05) is 35.0 Å². The van der Waals surface area contributed by atoms with Gasteiger partial charge in [0.05, 0.1) is 16.4 Å². The molecule has 30 heavy (non-hydrogen) atoms. The van der Waals surface area contributed by atoms with Crippen LogP contribution in [0.15, 0.2) is 40.2 Å². The van der Waals surface area contributed by atoms with Crippen molar-refractivity contribution in [3.8, 4) is 16.4 Å². The van der Waals surface area contributed by atoms with Gasteiger partial charge in [0.2, 0.25) is 5.13 Å². The van der Waals surface area contributed by atoms with Crippen LogP contribution in [0.1, 0.15) is 33.2 Å². The second-order valence-electron chi connectivity index (χ2n) is 6.91. The number of nitrogens with zero attached hydrogens (tertiary/aromatic N) is 4. The van der Waals surface area contributed by atoms with E-state index in [0.717, 1.165) is 22.2 Å². The van der Waals surface area contributed by atoms with E-state index in [4.69, 9.17) is 16.1 Å². The van der Waals surface area contributed by atoms with E-state index in [1.807, 2.05) is 48.2 Å². The Bertz CT molecular complexity index is 1210. The number of nitrogens with one attached hydrogen (secondary N) is 1. The number of carbonyl (C=O) groups excluding carboxylic acids is 1. The normalized spacial score (nSPS) is 11.1. The summed E-state index contributed by atoms with van der Waals surface area (Å²) >= 11 is 7.79. The Hall–Kier alpha value is -2.97. The van der Waals surface area contributed by atoms with Crippen molar-refractivity contribution in [1.29, 1.82) is 0 Å². The highest BCUT2D eigenvalue weighted by Crippen LogP contribution is 2.30. The Morgan fingerprint density at radius 1 is 1.27 bits per heavy atom. The van der Waals surface area contributed by atoms with Gasteiger partial charge in [0.1, 0.15) is 17.0 Å². The van der Waals surface area contributed by atoms with E-state index in [-0.39, 0.29) is 5.91 Å². The first-order valence-corrected chi connectivity index (χ1v) is 10.7. The van der Waals surface area contributed by atoms with Crippen LogP contribution in [-0.2, 0) is 6.42 Å². The van der Waals surface area contributed by atoms with E-state index in [1.54, 1.807) is 13.0 Å². The molecule has 7 nitrogen and oxygen atoms in total. The van der Waals surface area contributed by atoms with Crippen molar-refractivity contribution in [2.24, 2.45) is 0 Å². The fourth-order valence-corrected chi connectivity index (χ4v) is 4.29. The van der Waals surface area contributed by atoms with Gasteiger partial charge in [-0.15, -0.1) is 11.3 Å². The third kappa shape index (κ3) is 4.01. The first kappa shape index (κ1) is 20.3. The minimum Gasteiger partial charge on any atom is -0.360 e. The number of halogens is 1. The lowest BCUT2D eigenvalue weighted by Gasteiger charge is -2.06. The van der Waals surface area contributed by atoms with Gasteiger partial charge >= 0.3 is 0 Å². The molecule has 0 aliphatic carbocycles. The van der Waals surface area contributed by atoms with Gasteiger partial charge < -0.3 is 9.84 Å².